The van der Waals surface area contributed by atoms with Crippen molar-refractivity contribution in [3.63, 3.8) is 0 Å². The van der Waals surface area contributed by atoms with Crippen LogP contribution in [0.5, 0.6) is 0 Å². The summed E-state index contributed by atoms with van der Waals surface area (Å²) in [6.45, 7) is 0. The number of aliphatic hydroxyl groups is 1. The predicted molar refractivity (Wildman–Crippen MR) is 50.6 cm³/mol. The van der Waals surface area contributed by atoms with Crippen molar-refractivity contribution in [3.8, 4) is 0 Å². The minimum absolute atomic E-state index is 0. The second-order valence-electron chi connectivity index (χ2n) is 2.82. The average molecular weight is 294 g/mol. The standard InChI is InChI=1S/C6H8O7.BH3O3.K.H/c7-3(8)1-6(13,5(11)12)2-4(9)10;2-1(3)4;;/h13H,1-2H2,(H,7,8)(H,9,10)(H,11,12);2-4H;;/q;;+1;-1. The summed E-state index contributed by atoms with van der Waals surface area (Å²) in [5, 5.41) is 55.3. The molecule has 0 heterocycles. The Balaban J connectivity index is -0.000000165. The van der Waals surface area contributed by atoms with Gasteiger partial charge >= 0.3 is 76.6 Å². The number of hydrogen-bond donors (Lipinski definition) is 7. The van der Waals surface area contributed by atoms with Gasteiger partial charge in [-0.3, -0.25) is 9.59 Å². The van der Waals surface area contributed by atoms with Gasteiger partial charge in [0, 0.05) is 0 Å². The van der Waals surface area contributed by atoms with Crippen molar-refractivity contribution in [1.29, 1.82) is 0 Å². The molecular formula is C6H12BKO10. The monoisotopic (exact) mass is 294 g/mol. The largest absolute Gasteiger partial charge is 1.00 e. The molecule has 0 aromatic carbocycles. The summed E-state index contributed by atoms with van der Waals surface area (Å²) in [5.41, 5.74) is -2.74. The Morgan fingerprint density at radius 3 is 1.28 bits per heavy atom. The topological polar surface area (TPSA) is 193 Å². The Hall–Kier alpha value is -0.0487. The predicted octanol–water partition coefficient (Wildman–Crippen LogP) is -6.18. The molecule has 0 bridgehead atoms. The Labute approximate surface area is 145 Å². The molecule has 7 N–H and O–H groups in total. The first kappa shape index (κ1) is 23.1. The van der Waals surface area contributed by atoms with Crippen LogP contribution in [0.4, 0.5) is 0 Å². The molecule has 0 aliphatic heterocycles. The van der Waals surface area contributed by atoms with E-state index in [4.69, 9.17) is 35.5 Å². The average Bonchev–Trinajstić information content (AvgIpc) is 1.98. The van der Waals surface area contributed by atoms with Gasteiger partial charge in [0.2, 0.25) is 0 Å². The zero-order chi connectivity index (χ0) is 14.2. The number of hydrogen-bond acceptors (Lipinski definition) is 7. The molecule has 100 valence electrons. The van der Waals surface area contributed by atoms with E-state index in [0.717, 1.165) is 0 Å². The summed E-state index contributed by atoms with van der Waals surface area (Å²) in [7, 11) is -2.17. The maximum atomic E-state index is 10.3. The van der Waals surface area contributed by atoms with E-state index in [1.54, 1.807) is 0 Å². The Morgan fingerprint density at radius 2 is 1.17 bits per heavy atom. The van der Waals surface area contributed by atoms with Gasteiger partial charge in [0.05, 0.1) is 12.8 Å². The zero-order valence-electron chi connectivity index (χ0n) is 10.3. The summed E-state index contributed by atoms with van der Waals surface area (Å²) in [6, 6.07) is 0. The molecular weight excluding hydrogens is 282 g/mol. The number of rotatable bonds is 5. The van der Waals surface area contributed by atoms with Crippen molar-refractivity contribution < 1.29 is 103 Å². The fourth-order valence-corrected chi connectivity index (χ4v) is 0.714. The maximum Gasteiger partial charge on any atom is 1.00 e. The number of aliphatic carboxylic acids is 3. The first-order valence-corrected chi connectivity index (χ1v) is 3.95. The van der Waals surface area contributed by atoms with Crippen molar-refractivity contribution in [1.82, 2.24) is 0 Å². The van der Waals surface area contributed by atoms with Crippen molar-refractivity contribution in [3.05, 3.63) is 0 Å². The fraction of sp³-hybridized carbons (Fsp3) is 0.500. The number of carbonyl (C=O) groups is 3. The van der Waals surface area contributed by atoms with E-state index >= 15 is 0 Å². The normalized spacial score (nSPS) is 9.33. The van der Waals surface area contributed by atoms with Crippen LogP contribution in [0.2, 0.25) is 0 Å². The molecule has 0 aromatic rings. The smallest absolute Gasteiger partial charge is 1.00 e. The van der Waals surface area contributed by atoms with Gasteiger partial charge < -0.3 is 36.9 Å². The summed E-state index contributed by atoms with van der Waals surface area (Å²) < 4.78 is 0. The third-order valence-corrected chi connectivity index (χ3v) is 1.29. The van der Waals surface area contributed by atoms with Crippen LogP contribution in [-0.2, 0) is 14.4 Å². The molecule has 0 saturated carbocycles. The third kappa shape index (κ3) is 14.0. The Morgan fingerprint density at radius 1 is 0.944 bits per heavy atom. The van der Waals surface area contributed by atoms with Crippen molar-refractivity contribution in [2.45, 2.75) is 18.4 Å². The second-order valence-corrected chi connectivity index (χ2v) is 2.82. The van der Waals surface area contributed by atoms with E-state index in [1.165, 1.54) is 0 Å². The molecule has 18 heavy (non-hydrogen) atoms. The van der Waals surface area contributed by atoms with Crippen LogP contribution in [0.15, 0.2) is 0 Å². The molecule has 0 aromatic heterocycles. The minimum Gasteiger partial charge on any atom is -1.00 e. The van der Waals surface area contributed by atoms with Crippen LogP contribution in [0.25, 0.3) is 0 Å². The van der Waals surface area contributed by atoms with Gasteiger partial charge in [0.25, 0.3) is 0 Å². The first-order valence-electron chi connectivity index (χ1n) is 3.95. The van der Waals surface area contributed by atoms with Crippen LogP contribution in [-0.4, -0.2) is 66.3 Å². The Kier molecular flexibility index (Phi) is 13.9. The summed E-state index contributed by atoms with van der Waals surface area (Å²) in [5.74, 6) is -5.02. The molecule has 0 amide bonds. The van der Waals surface area contributed by atoms with Gasteiger partial charge in [-0.25, -0.2) is 4.79 Å². The van der Waals surface area contributed by atoms with Gasteiger partial charge in [-0.2, -0.15) is 0 Å². The first-order chi connectivity index (χ1) is 7.51. The van der Waals surface area contributed by atoms with Crippen molar-refractivity contribution in [2.24, 2.45) is 0 Å². The Bertz CT molecular complexity index is 279. The third-order valence-electron chi connectivity index (χ3n) is 1.29. The molecule has 0 unspecified atom stereocenters. The van der Waals surface area contributed by atoms with Gasteiger partial charge in [-0.15, -0.1) is 0 Å². The van der Waals surface area contributed by atoms with Gasteiger partial charge in [0.15, 0.2) is 5.60 Å². The number of carboxylic acids is 3. The maximum absolute atomic E-state index is 10.3. The zero-order valence-corrected chi connectivity index (χ0v) is 12.5. The van der Waals surface area contributed by atoms with Crippen LogP contribution < -0.4 is 51.4 Å². The molecule has 0 rings (SSSR count). The minimum atomic E-state index is -2.74. The molecule has 0 spiro atoms. The molecule has 12 heteroatoms. The molecule has 0 fully saturated rings. The van der Waals surface area contributed by atoms with E-state index in [2.05, 4.69) is 0 Å². The molecule has 0 atom stereocenters. The van der Waals surface area contributed by atoms with Gasteiger partial charge in [0.1, 0.15) is 0 Å². The number of carboxylic acid groups (broad SMARTS) is 3. The summed E-state index contributed by atoms with van der Waals surface area (Å²) >= 11 is 0. The molecule has 0 aliphatic rings. The molecule has 0 saturated heterocycles. The fourth-order valence-electron chi connectivity index (χ4n) is 0.714. The SMILES string of the molecule is O=C(O)CC(O)(CC(=O)O)C(=O)O.OB(O)O.[H-].[K+]. The van der Waals surface area contributed by atoms with Crippen molar-refractivity contribution >= 4 is 25.2 Å². The molecule has 0 radical (unpaired) electrons. The van der Waals surface area contributed by atoms with E-state index < -0.39 is 43.7 Å². The van der Waals surface area contributed by atoms with Crippen molar-refractivity contribution in [2.75, 3.05) is 0 Å². The summed E-state index contributed by atoms with van der Waals surface area (Å²) in [6.07, 6.45) is -2.29. The van der Waals surface area contributed by atoms with E-state index in [0.29, 0.717) is 0 Å². The van der Waals surface area contributed by atoms with E-state index in [1.807, 2.05) is 0 Å². The van der Waals surface area contributed by atoms with Crippen LogP contribution in [0.3, 0.4) is 0 Å². The quantitative estimate of drug-likeness (QED) is 0.240. The van der Waals surface area contributed by atoms with Gasteiger partial charge in [-0.05, 0) is 0 Å². The van der Waals surface area contributed by atoms with E-state index in [-0.39, 0.29) is 52.8 Å². The summed E-state index contributed by atoms with van der Waals surface area (Å²) in [4.78, 5) is 30.5. The van der Waals surface area contributed by atoms with Gasteiger partial charge in [-0.1, -0.05) is 0 Å². The second kappa shape index (κ2) is 10.8. The molecule has 10 nitrogen and oxygen atoms in total. The molecule has 0 aliphatic carbocycles. The van der Waals surface area contributed by atoms with E-state index in [9.17, 15) is 14.4 Å². The van der Waals surface area contributed by atoms with Crippen LogP contribution in [0, 0.1) is 0 Å². The van der Waals surface area contributed by atoms with Crippen LogP contribution in [0.1, 0.15) is 14.3 Å². The van der Waals surface area contributed by atoms with Crippen LogP contribution >= 0.6 is 0 Å².